The Hall–Kier alpha value is -0.240. The molecule has 8 heavy (non-hydrogen) atoms. The minimum atomic E-state index is 1.74. The van der Waals surface area contributed by atoms with Gasteiger partial charge in [-0.25, -0.2) is 10.9 Å². The maximum absolute atomic E-state index is 2.64. The summed E-state index contributed by atoms with van der Waals surface area (Å²) in [6, 6.07) is 0. The second kappa shape index (κ2) is 6.76. The molecule has 50 valence electrons. The minimum absolute atomic E-state index is 1.74. The largest absolute Gasteiger partial charge is 0.246 e. The van der Waals surface area contributed by atoms with Gasteiger partial charge in [-0.1, -0.05) is 0 Å². The van der Waals surface area contributed by atoms with Crippen LogP contribution in [0.1, 0.15) is 0 Å². The Kier molecular flexibility index (Phi) is 6.56. The highest BCUT2D eigenvalue weighted by Crippen LogP contribution is 1.21. The Morgan fingerprint density at radius 3 is 1.25 bits per heavy atom. The van der Waals surface area contributed by atoms with Gasteiger partial charge in [-0.05, 0) is 14.1 Å². The number of hydrogen-bond acceptors (Lipinski definition) is 6. The van der Waals surface area contributed by atoms with E-state index >= 15 is 0 Å². The molecule has 6 nitrogen and oxygen atoms in total. The first-order valence-corrected chi connectivity index (χ1v) is 2.25. The van der Waals surface area contributed by atoms with Gasteiger partial charge in [-0.3, -0.25) is 0 Å². The molecule has 0 bridgehead atoms. The Labute approximate surface area is 48.3 Å². The van der Waals surface area contributed by atoms with Gasteiger partial charge < -0.3 is 0 Å². The summed E-state index contributed by atoms with van der Waals surface area (Å²) in [5, 5.41) is 0. The number of hydrazine groups is 5. The van der Waals surface area contributed by atoms with E-state index in [1.54, 1.807) is 14.1 Å². The van der Waals surface area contributed by atoms with Crippen molar-refractivity contribution in [1.29, 1.82) is 0 Å². The molecule has 0 radical (unpaired) electrons. The summed E-state index contributed by atoms with van der Waals surface area (Å²) in [5.41, 5.74) is 15.5. The van der Waals surface area contributed by atoms with Gasteiger partial charge in [0.15, 0.2) is 0 Å². The molecule has 0 aromatic rings. The zero-order valence-corrected chi connectivity index (χ0v) is 5.00. The molecule has 0 amide bonds. The molecule has 0 fully saturated rings. The van der Waals surface area contributed by atoms with E-state index in [2.05, 4.69) is 33.0 Å². The van der Waals surface area contributed by atoms with Crippen LogP contribution in [0.15, 0.2) is 0 Å². The molecule has 0 aliphatic heterocycles. The van der Waals surface area contributed by atoms with Gasteiger partial charge in [0.2, 0.25) is 0 Å². The molecule has 6 heteroatoms. The van der Waals surface area contributed by atoms with Crippen LogP contribution >= 0.6 is 0 Å². The second-order valence-electron chi connectivity index (χ2n) is 1.00. The third kappa shape index (κ3) is 5.76. The molecule has 0 saturated carbocycles. The summed E-state index contributed by atoms with van der Waals surface area (Å²) >= 11 is 0. The van der Waals surface area contributed by atoms with Gasteiger partial charge in [-0.2, -0.15) is 22.1 Å². The lowest BCUT2D eigenvalue weighted by Gasteiger charge is -2.06. The van der Waals surface area contributed by atoms with Crippen molar-refractivity contribution in [3.63, 3.8) is 0 Å². The summed E-state index contributed by atoms with van der Waals surface area (Å²) in [6.07, 6.45) is 0. The van der Waals surface area contributed by atoms with E-state index in [9.17, 15) is 0 Å². The number of hydrogen-bond donors (Lipinski definition) is 6. The van der Waals surface area contributed by atoms with Gasteiger partial charge in [0.25, 0.3) is 0 Å². The molecule has 6 N–H and O–H groups in total. The van der Waals surface area contributed by atoms with Crippen LogP contribution in [-0.2, 0) is 0 Å². The zero-order valence-electron chi connectivity index (χ0n) is 5.00. The standard InChI is InChI=1S/C2H12N6/c1-3-5-7-8-6-4-2/h3-8H,1-2H3. The van der Waals surface area contributed by atoms with Gasteiger partial charge in [0.05, 0.1) is 0 Å². The topological polar surface area (TPSA) is 72.2 Å². The van der Waals surface area contributed by atoms with Gasteiger partial charge in [-0.15, -0.1) is 0 Å². The first kappa shape index (κ1) is 7.76. The highest BCUT2D eigenvalue weighted by molar-refractivity contribution is 4.10. The molecular weight excluding hydrogens is 108 g/mol. The first-order chi connectivity index (χ1) is 3.91. The van der Waals surface area contributed by atoms with E-state index in [0.29, 0.717) is 0 Å². The van der Waals surface area contributed by atoms with E-state index in [1.165, 1.54) is 0 Å². The predicted molar refractivity (Wildman–Crippen MR) is 30.7 cm³/mol. The van der Waals surface area contributed by atoms with E-state index < -0.39 is 0 Å². The summed E-state index contributed by atoms with van der Waals surface area (Å²) in [6.45, 7) is 0. The average Bonchev–Trinajstić information content (AvgIpc) is 1.81. The molecular formula is C2H12N6. The van der Waals surface area contributed by atoms with Crippen LogP contribution in [0.5, 0.6) is 0 Å². The average molecular weight is 120 g/mol. The lowest BCUT2D eigenvalue weighted by atomic mass is 11.5. The predicted octanol–water partition coefficient (Wildman–Crippen LogP) is -2.64. The van der Waals surface area contributed by atoms with Crippen LogP contribution in [0.3, 0.4) is 0 Å². The fourth-order valence-corrected chi connectivity index (χ4v) is 0.188. The number of rotatable bonds is 5. The monoisotopic (exact) mass is 120 g/mol. The summed E-state index contributed by atoms with van der Waals surface area (Å²) < 4.78 is 0. The van der Waals surface area contributed by atoms with Crippen molar-refractivity contribution in [2.24, 2.45) is 0 Å². The summed E-state index contributed by atoms with van der Waals surface area (Å²) in [4.78, 5) is 0. The Bertz CT molecular complexity index is 31.5. The maximum Gasteiger partial charge on any atom is -0.000111 e. The van der Waals surface area contributed by atoms with E-state index in [1.807, 2.05) is 0 Å². The van der Waals surface area contributed by atoms with E-state index in [4.69, 9.17) is 0 Å². The Balaban J connectivity index is 2.53. The first-order valence-electron chi connectivity index (χ1n) is 2.25. The van der Waals surface area contributed by atoms with Gasteiger partial charge in [0.1, 0.15) is 0 Å². The second-order valence-corrected chi connectivity index (χ2v) is 1.00. The molecule has 0 unspecified atom stereocenters. The smallest absolute Gasteiger partial charge is 0.000111 e. The lowest BCUT2D eigenvalue weighted by molar-refractivity contribution is 0.316. The fraction of sp³-hybridized carbons (Fsp3) is 1.00. The molecule has 0 aliphatic carbocycles. The molecule has 0 aromatic heterocycles. The molecule has 0 rings (SSSR count). The molecule has 0 saturated heterocycles. The van der Waals surface area contributed by atoms with Crippen molar-refractivity contribution in [3.8, 4) is 0 Å². The molecule has 0 heterocycles. The van der Waals surface area contributed by atoms with Crippen LogP contribution in [-0.4, -0.2) is 14.1 Å². The Morgan fingerprint density at radius 2 is 1.00 bits per heavy atom. The molecule has 0 aliphatic rings. The lowest BCUT2D eigenvalue weighted by Crippen LogP contribution is -2.57. The molecule has 0 spiro atoms. The fourth-order valence-electron chi connectivity index (χ4n) is 0.188. The third-order valence-corrected chi connectivity index (χ3v) is 0.438. The number of nitrogens with one attached hydrogen (secondary N) is 6. The zero-order chi connectivity index (χ0) is 6.24. The third-order valence-electron chi connectivity index (χ3n) is 0.438. The van der Waals surface area contributed by atoms with Crippen molar-refractivity contribution in [1.82, 2.24) is 33.0 Å². The van der Waals surface area contributed by atoms with Crippen molar-refractivity contribution in [2.75, 3.05) is 14.1 Å². The highest BCUT2D eigenvalue weighted by atomic mass is 15.8. The Morgan fingerprint density at radius 1 is 0.625 bits per heavy atom. The van der Waals surface area contributed by atoms with E-state index in [-0.39, 0.29) is 0 Å². The maximum atomic E-state index is 2.64. The van der Waals surface area contributed by atoms with Crippen LogP contribution < -0.4 is 33.0 Å². The minimum Gasteiger partial charge on any atom is -0.246 e. The van der Waals surface area contributed by atoms with Crippen molar-refractivity contribution < 1.29 is 0 Å². The summed E-state index contributed by atoms with van der Waals surface area (Å²) in [7, 11) is 3.49. The highest BCUT2D eigenvalue weighted by Gasteiger charge is 1.71. The molecule has 0 aromatic carbocycles. The van der Waals surface area contributed by atoms with Crippen LogP contribution in [0, 0.1) is 0 Å². The van der Waals surface area contributed by atoms with Crippen molar-refractivity contribution in [2.45, 2.75) is 0 Å². The normalized spacial score (nSPS) is 9.75. The summed E-state index contributed by atoms with van der Waals surface area (Å²) in [5.74, 6) is 0. The van der Waals surface area contributed by atoms with Crippen LogP contribution in [0.25, 0.3) is 0 Å². The van der Waals surface area contributed by atoms with Crippen molar-refractivity contribution >= 4 is 0 Å². The SMILES string of the molecule is CNNNNNNC. The van der Waals surface area contributed by atoms with Gasteiger partial charge in [0, 0.05) is 0 Å². The van der Waals surface area contributed by atoms with Crippen LogP contribution in [0.2, 0.25) is 0 Å². The van der Waals surface area contributed by atoms with Crippen molar-refractivity contribution in [3.05, 3.63) is 0 Å². The molecule has 0 atom stereocenters. The van der Waals surface area contributed by atoms with E-state index in [0.717, 1.165) is 0 Å². The van der Waals surface area contributed by atoms with Gasteiger partial charge >= 0.3 is 0 Å². The van der Waals surface area contributed by atoms with Crippen LogP contribution in [0.4, 0.5) is 0 Å². The quantitative estimate of drug-likeness (QED) is 0.176.